The summed E-state index contributed by atoms with van der Waals surface area (Å²) in [5.41, 5.74) is 3.60. The van der Waals surface area contributed by atoms with E-state index < -0.39 is 0 Å². The lowest BCUT2D eigenvalue weighted by Crippen LogP contribution is -2.32. The van der Waals surface area contributed by atoms with Crippen LogP contribution in [-0.2, 0) is 19.4 Å². The van der Waals surface area contributed by atoms with Gasteiger partial charge in [-0.3, -0.25) is 9.88 Å². The van der Waals surface area contributed by atoms with E-state index in [1.165, 1.54) is 24.1 Å². The second-order valence-electron chi connectivity index (χ2n) is 8.83. The van der Waals surface area contributed by atoms with Crippen LogP contribution in [0.4, 0.5) is 5.82 Å². The van der Waals surface area contributed by atoms with Crippen molar-refractivity contribution >= 4 is 5.82 Å². The van der Waals surface area contributed by atoms with Gasteiger partial charge in [0, 0.05) is 61.3 Å². The van der Waals surface area contributed by atoms with E-state index in [4.69, 9.17) is 14.5 Å². The summed E-state index contributed by atoms with van der Waals surface area (Å²) in [5.74, 6) is 4.10. The van der Waals surface area contributed by atoms with Gasteiger partial charge in [-0.2, -0.15) is 4.98 Å². The third-order valence-corrected chi connectivity index (χ3v) is 6.51. The standard InChI is InChI=1S/C23H27N7O/c1-3-18-19(4-1)25-21(16-7-9-24-10-8-16)27-22(18)30-12-2-11-29(13-14-30)15-20-26-23(31-28-20)17-5-6-17/h7-10,17H,1-6,11-15H2. The minimum atomic E-state index is 0.510. The number of aromatic nitrogens is 5. The Morgan fingerprint density at radius 2 is 1.84 bits per heavy atom. The zero-order valence-electron chi connectivity index (χ0n) is 17.7. The van der Waals surface area contributed by atoms with Crippen LogP contribution in [0.2, 0.25) is 0 Å². The number of anilines is 1. The Hall–Kier alpha value is -2.87. The highest BCUT2D eigenvalue weighted by Crippen LogP contribution is 2.39. The van der Waals surface area contributed by atoms with Crippen LogP contribution in [0, 0.1) is 0 Å². The monoisotopic (exact) mass is 417 g/mol. The Morgan fingerprint density at radius 3 is 2.71 bits per heavy atom. The number of nitrogens with zero attached hydrogens (tertiary/aromatic N) is 7. The fourth-order valence-corrected chi connectivity index (χ4v) is 4.67. The van der Waals surface area contributed by atoms with Gasteiger partial charge in [-0.05, 0) is 50.7 Å². The first-order valence-corrected chi connectivity index (χ1v) is 11.4. The molecule has 0 unspecified atom stereocenters. The largest absolute Gasteiger partial charge is 0.355 e. The zero-order valence-corrected chi connectivity index (χ0v) is 17.7. The molecule has 0 aromatic carbocycles. The lowest BCUT2D eigenvalue weighted by Gasteiger charge is -2.25. The van der Waals surface area contributed by atoms with Crippen molar-refractivity contribution in [3.63, 3.8) is 0 Å². The van der Waals surface area contributed by atoms with Gasteiger partial charge in [0.2, 0.25) is 5.89 Å². The van der Waals surface area contributed by atoms with Gasteiger partial charge in [0.25, 0.3) is 0 Å². The van der Waals surface area contributed by atoms with Gasteiger partial charge in [0.1, 0.15) is 5.82 Å². The number of hydrogen-bond donors (Lipinski definition) is 0. The van der Waals surface area contributed by atoms with Crippen LogP contribution in [0.3, 0.4) is 0 Å². The Kier molecular flexibility index (Phi) is 4.87. The summed E-state index contributed by atoms with van der Waals surface area (Å²) in [6, 6.07) is 3.98. The van der Waals surface area contributed by atoms with E-state index in [9.17, 15) is 0 Å². The topological polar surface area (TPSA) is 84.1 Å². The van der Waals surface area contributed by atoms with Crippen molar-refractivity contribution in [3.05, 3.63) is 47.5 Å². The SMILES string of the molecule is c1cc(-c2nc3c(c(N4CCCN(Cc5noc(C6CC6)n5)CC4)n2)CCC3)ccn1. The second kappa shape index (κ2) is 8.00. The lowest BCUT2D eigenvalue weighted by molar-refractivity contribution is 0.271. The van der Waals surface area contributed by atoms with Crippen LogP contribution in [0.1, 0.15) is 54.6 Å². The number of pyridine rings is 1. The van der Waals surface area contributed by atoms with Crippen molar-refractivity contribution in [1.29, 1.82) is 0 Å². The number of aryl methyl sites for hydroxylation is 1. The van der Waals surface area contributed by atoms with Gasteiger partial charge in [0.15, 0.2) is 11.6 Å². The Labute approximate surface area is 181 Å². The van der Waals surface area contributed by atoms with E-state index in [2.05, 4.69) is 24.9 Å². The van der Waals surface area contributed by atoms with Gasteiger partial charge < -0.3 is 9.42 Å². The summed E-state index contributed by atoms with van der Waals surface area (Å²) in [7, 11) is 0. The average Bonchev–Trinajstić information content (AvgIpc) is 3.44. The van der Waals surface area contributed by atoms with Crippen LogP contribution in [-0.4, -0.2) is 56.2 Å². The molecular formula is C23H27N7O. The summed E-state index contributed by atoms with van der Waals surface area (Å²) in [4.78, 5) is 23.6. The van der Waals surface area contributed by atoms with Gasteiger partial charge in [-0.25, -0.2) is 9.97 Å². The molecule has 0 spiro atoms. The molecular weight excluding hydrogens is 390 g/mol. The first kappa shape index (κ1) is 18.9. The molecule has 2 aliphatic carbocycles. The summed E-state index contributed by atoms with van der Waals surface area (Å²) in [6.07, 6.45) is 10.4. The van der Waals surface area contributed by atoms with Crippen molar-refractivity contribution in [2.75, 3.05) is 31.1 Å². The molecule has 160 valence electrons. The molecule has 6 rings (SSSR count). The fraction of sp³-hybridized carbons (Fsp3) is 0.522. The smallest absolute Gasteiger partial charge is 0.229 e. The van der Waals surface area contributed by atoms with Gasteiger partial charge in [-0.1, -0.05) is 5.16 Å². The van der Waals surface area contributed by atoms with Crippen molar-refractivity contribution in [3.8, 4) is 11.4 Å². The Balaban J connectivity index is 1.20. The molecule has 2 fully saturated rings. The minimum absolute atomic E-state index is 0.510. The molecule has 1 aliphatic heterocycles. The zero-order chi connectivity index (χ0) is 20.6. The maximum Gasteiger partial charge on any atom is 0.229 e. The van der Waals surface area contributed by atoms with Crippen molar-refractivity contribution in [1.82, 2.24) is 30.0 Å². The minimum Gasteiger partial charge on any atom is -0.355 e. The average molecular weight is 418 g/mol. The molecule has 0 bridgehead atoms. The van der Waals surface area contributed by atoms with E-state index >= 15 is 0 Å². The maximum absolute atomic E-state index is 5.44. The summed E-state index contributed by atoms with van der Waals surface area (Å²) in [5, 5.41) is 4.20. The highest BCUT2D eigenvalue weighted by molar-refractivity contribution is 5.61. The van der Waals surface area contributed by atoms with E-state index in [-0.39, 0.29) is 0 Å². The normalized spacial score (nSPS) is 19.4. The van der Waals surface area contributed by atoms with Crippen LogP contribution in [0.5, 0.6) is 0 Å². The quantitative estimate of drug-likeness (QED) is 0.626. The van der Waals surface area contributed by atoms with Crippen LogP contribution < -0.4 is 4.90 Å². The predicted molar refractivity (Wildman–Crippen MR) is 116 cm³/mol. The second-order valence-corrected chi connectivity index (χ2v) is 8.83. The molecule has 4 heterocycles. The summed E-state index contributed by atoms with van der Waals surface area (Å²) in [6.45, 7) is 4.72. The molecule has 0 atom stereocenters. The van der Waals surface area contributed by atoms with E-state index in [0.717, 1.165) is 87.3 Å². The Morgan fingerprint density at radius 1 is 0.935 bits per heavy atom. The number of fused-ring (bicyclic) bond motifs is 1. The molecule has 1 saturated heterocycles. The highest BCUT2D eigenvalue weighted by Gasteiger charge is 2.30. The maximum atomic E-state index is 5.44. The molecule has 31 heavy (non-hydrogen) atoms. The van der Waals surface area contributed by atoms with Crippen LogP contribution in [0.25, 0.3) is 11.4 Å². The summed E-state index contributed by atoms with van der Waals surface area (Å²) >= 11 is 0. The third-order valence-electron chi connectivity index (χ3n) is 6.51. The molecule has 0 amide bonds. The molecule has 0 radical (unpaired) electrons. The van der Waals surface area contributed by atoms with E-state index in [0.29, 0.717) is 5.92 Å². The summed E-state index contributed by atoms with van der Waals surface area (Å²) < 4.78 is 5.44. The van der Waals surface area contributed by atoms with Crippen molar-refractivity contribution in [2.24, 2.45) is 0 Å². The van der Waals surface area contributed by atoms with Gasteiger partial charge >= 0.3 is 0 Å². The molecule has 0 N–H and O–H groups in total. The van der Waals surface area contributed by atoms with Crippen LogP contribution >= 0.6 is 0 Å². The lowest BCUT2D eigenvalue weighted by atomic mass is 10.2. The highest BCUT2D eigenvalue weighted by atomic mass is 16.5. The molecule has 3 aromatic heterocycles. The van der Waals surface area contributed by atoms with Crippen molar-refractivity contribution < 1.29 is 4.52 Å². The molecule has 3 aromatic rings. The predicted octanol–water partition coefficient (Wildman–Crippen LogP) is 3.00. The molecule has 3 aliphatic rings. The van der Waals surface area contributed by atoms with Gasteiger partial charge in [0.05, 0.1) is 6.54 Å². The molecule has 1 saturated carbocycles. The number of rotatable bonds is 5. The fourth-order valence-electron chi connectivity index (χ4n) is 4.67. The Bertz CT molecular complexity index is 1060. The first-order chi connectivity index (χ1) is 15.3. The third kappa shape index (κ3) is 3.92. The van der Waals surface area contributed by atoms with E-state index in [1.807, 2.05) is 24.5 Å². The molecule has 8 heteroatoms. The van der Waals surface area contributed by atoms with Crippen molar-refractivity contribution in [2.45, 2.75) is 51.0 Å². The van der Waals surface area contributed by atoms with Gasteiger partial charge in [-0.15, -0.1) is 0 Å². The number of hydrogen-bond acceptors (Lipinski definition) is 8. The first-order valence-electron chi connectivity index (χ1n) is 11.4. The molecule has 8 nitrogen and oxygen atoms in total. The van der Waals surface area contributed by atoms with Crippen LogP contribution in [0.15, 0.2) is 29.0 Å². The van der Waals surface area contributed by atoms with E-state index in [1.54, 1.807) is 0 Å².